The summed E-state index contributed by atoms with van der Waals surface area (Å²) in [6.07, 6.45) is 16.5. The molecule has 0 aliphatic heterocycles. The molecule has 0 fully saturated rings. The maximum Gasteiger partial charge on any atom is -0.0319 e. The first-order valence-corrected chi connectivity index (χ1v) is 4.47. The maximum absolute atomic E-state index is 2.39. The number of allylic oxidation sites excluding steroid dienone is 2. The molecule has 0 aromatic heterocycles. The monoisotopic (exact) mass is 137 g/mol. The van der Waals surface area contributed by atoms with E-state index in [4.69, 9.17) is 0 Å². The van der Waals surface area contributed by atoms with Crippen LogP contribution in [0.15, 0.2) is 12.2 Å². The van der Waals surface area contributed by atoms with Crippen molar-refractivity contribution in [2.75, 3.05) is 0 Å². The van der Waals surface area contributed by atoms with Gasteiger partial charge in [-0.1, -0.05) is 31.4 Å². The Morgan fingerprint density at radius 1 is 0.700 bits per heavy atom. The van der Waals surface area contributed by atoms with Crippen LogP contribution in [0.4, 0.5) is 0 Å². The molecule has 0 aromatic carbocycles. The molecule has 1 rings (SSSR count). The van der Waals surface area contributed by atoms with Gasteiger partial charge < -0.3 is 0 Å². The Morgan fingerprint density at radius 3 is 2.40 bits per heavy atom. The lowest BCUT2D eigenvalue weighted by atomic mass is 10.1. The fourth-order valence-electron chi connectivity index (χ4n) is 1.33. The molecule has 0 amide bonds. The van der Waals surface area contributed by atoms with Crippen molar-refractivity contribution in [1.82, 2.24) is 0 Å². The third-order valence-corrected chi connectivity index (χ3v) is 2.00. The van der Waals surface area contributed by atoms with Crippen LogP contribution in [0.2, 0.25) is 0 Å². The summed E-state index contributed by atoms with van der Waals surface area (Å²) >= 11 is 0. The fraction of sp³-hybridized carbons (Fsp3) is 0.700. The van der Waals surface area contributed by atoms with Gasteiger partial charge in [-0.05, 0) is 32.1 Å². The largest absolute Gasteiger partial charge is 0.0885 e. The molecule has 0 unspecified atom stereocenters. The Kier molecular flexibility index (Phi) is 4.33. The second-order valence-electron chi connectivity index (χ2n) is 2.99. The Bertz CT molecular complexity index is 80.2. The molecule has 0 saturated carbocycles. The van der Waals surface area contributed by atoms with Crippen LogP contribution < -0.4 is 0 Å². The highest BCUT2D eigenvalue weighted by Gasteiger charge is 1.91. The summed E-state index contributed by atoms with van der Waals surface area (Å²) in [6.45, 7) is 0. The first kappa shape index (κ1) is 7.84. The van der Waals surface area contributed by atoms with Crippen molar-refractivity contribution < 1.29 is 0 Å². The van der Waals surface area contributed by atoms with Crippen LogP contribution in [0.3, 0.4) is 0 Å². The van der Waals surface area contributed by atoms with E-state index >= 15 is 0 Å². The van der Waals surface area contributed by atoms with Crippen molar-refractivity contribution in [2.24, 2.45) is 0 Å². The van der Waals surface area contributed by atoms with Crippen LogP contribution in [0.1, 0.15) is 44.9 Å². The highest BCUT2D eigenvalue weighted by Crippen LogP contribution is 2.10. The second-order valence-corrected chi connectivity index (χ2v) is 2.99. The van der Waals surface area contributed by atoms with E-state index in [9.17, 15) is 0 Å². The Morgan fingerprint density at radius 2 is 1.50 bits per heavy atom. The van der Waals surface area contributed by atoms with Gasteiger partial charge in [0.1, 0.15) is 0 Å². The van der Waals surface area contributed by atoms with E-state index < -0.39 is 0 Å². The lowest BCUT2D eigenvalue weighted by Gasteiger charge is -2.01. The molecule has 57 valence electrons. The summed E-state index contributed by atoms with van der Waals surface area (Å²) in [6, 6.07) is 0. The highest BCUT2D eigenvalue weighted by molar-refractivity contribution is 4.87. The number of rotatable bonds is 0. The summed E-state index contributed by atoms with van der Waals surface area (Å²) < 4.78 is 0. The molecule has 0 bridgehead atoms. The maximum atomic E-state index is 2.39. The predicted octanol–water partition coefficient (Wildman–Crippen LogP) is 3.49. The molecule has 0 spiro atoms. The normalized spacial score (nSPS) is 22.4. The molecule has 0 heterocycles. The standard InChI is InChI=1S/C10H17/c1-2-4-6-8-10-9-7-5-3-1/h1-2,5H,3-4,6-10H2. The van der Waals surface area contributed by atoms with Crippen molar-refractivity contribution >= 4 is 0 Å². The topological polar surface area (TPSA) is 0 Å². The molecule has 1 radical (unpaired) electrons. The van der Waals surface area contributed by atoms with Crippen molar-refractivity contribution in [1.29, 1.82) is 0 Å². The van der Waals surface area contributed by atoms with Gasteiger partial charge in [0.25, 0.3) is 0 Å². The van der Waals surface area contributed by atoms with Crippen LogP contribution in [0.5, 0.6) is 0 Å². The molecule has 0 saturated heterocycles. The average molecular weight is 137 g/mol. The van der Waals surface area contributed by atoms with Crippen LogP contribution in [-0.4, -0.2) is 0 Å². The van der Waals surface area contributed by atoms with Crippen LogP contribution in [0.25, 0.3) is 0 Å². The average Bonchev–Trinajstić information content (AvgIpc) is 2.01. The lowest BCUT2D eigenvalue weighted by molar-refractivity contribution is 0.634. The molecule has 1 aliphatic rings. The van der Waals surface area contributed by atoms with Gasteiger partial charge in [0, 0.05) is 0 Å². The van der Waals surface area contributed by atoms with Crippen molar-refractivity contribution in [3.05, 3.63) is 18.6 Å². The van der Waals surface area contributed by atoms with E-state index in [-0.39, 0.29) is 0 Å². The molecule has 0 nitrogen and oxygen atoms in total. The van der Waals surface area contributed by atoms with Gasteiger partial charge in [0.2, 0.25) is 0 Å². The van der Waals surface area contributed by atoms with Gasteiger partial charge in [0.15, 0.2) is 0 Å². The third-order valence-electron chi connectivity index (χ3n) is 2.00. The SMILES string of the molecule is [CH]1CC=CCCCCCC1. The van der Waals surface area contributed by atoms with Crippen molar-refractivity contribution in [3.63, 3.8) is 0 Å². The van der Waals surface area contributed by atoms with Gasteiger partial charge in [-0.2, -0.15) is 0 Å². The van der Waals surface area contributed by atoms with E-state index in [1.54, 1.807) is 0 Å². The first-order valence-electron chi connectivity index (χ1n) is 4.47. The molecule has 0 heteroatoms. The van der Waals surface area contributed by atoms with Gasteiger partial charge >= 0.3 is 0 Å². The fourth-order valence-corrected chi connectivity index (χ4v) is 1.33. The first-order chi connectivity index (χ1) is 5.00. The van der Waals surface area contributed by atoms with Gasteiger partial charge in [-0.25, -0.2) is 0 Å². The minimum absolute atomic E-state index is 1.19. The molecular formula is C10H17. The van der Waals surface area contributed by atoms with E-state index in [1.165, 1.54) is 44.9 Å². The smallest absolute Gasteiger partial charge is 0.0319 e. The summed E-state index contributed by atoms with van der Waals surface area (Å²) in [7, 11) is 0. The highest BCUT2D eigenvalue weighted by atomic mass is 14.0. The molecule has 1 aliphatic carbocycles. The molecule has 0 aromatic rings. The van der Waals surface area contributed by atoms with Crippen molar-refractivity contribution in [2.45, 2.75) is 44.9 Å². The third kappa shape index (κ3) is 3.71. The van der Waals surface area contributed by atoms with Crippen molar-refractivity contribution in [3.8, 4) is 0 Å². The summed E-state index contributed by atoms with van der Waals surface area (Å²) in [5, 5.41) is 0. The summed E-state index contributed by atoms with van der Waals surface area (Å²) in [4.78, 5) is 0. The summed E-state index contributed by atoms with van der Waals surface area (Å²) in [5.41, 5.74) is 0. The lowest BCUT2D eigenvalue weighted by Crippen LogP contribution is -1.82. The van der Waals surface area contributed by atoms with E-state index in [2.05, 4.69) is 18.6 Å². The second kappa shape index (κ2) is 5.52. The molecule has 0 N–H and O–H groups in total. The Labute approximate surface area is 64.3 Å². The van der Waals surface area contributed by atoms with E-state index in [0.29, 0.717) is 0 Å². The van der Waals surface area contributed by atoms with Crippen LogP contribution in [0, 0.1) is 6.42 Å². The number of hydrogen-bond acceptors (Lipinski definition) is 0. The van der Waals surface area contributed by atoms with E-state index in [1.807, 2.05) is 0 Å². The minimum atomic E-state index is 1.19. The zero-order valence-corrected chi connectivity index (χ0v) is 6.68. The molecule has 0 atom stereocenters. The molecule has 10 heavy (non-hydrogen) atoms. The van der Waals surface area contributed by atoms with Crippen LogP contribution >= 0.6 is 0 Å². The Balaban J connectivity index is 2.13. The van der Waals surface area contributed by atoms with Crippen LogP contribution in [-0.2, 0) is 0 Å². The van der Waals surface area contributed by atoms with Gasteiger partial charge in [-0.15, -0.1) is 0 Å². The van der Waals surface area contributed by atoms with E-state index in [0.717, 1.165) is 0 Å². The minimum Gasteiger partial charge on any atom is -0.0885 e. The van der Waals surface area contributed by atoms with Gasteiger partial charge in [-0.3, -0.25) is 0 Å². The number of hydrogen-bond donors (Lipinski definition) is 0. The predicted molar refractivity (Wildman–Crippen MR) is 45.8 cm³/mol. The zero-order chi connectivity index (χ0) is 7.07. The summed E-state index contributed by atoms with van der Waals surface area (Å²) in [5.74, 6) is 0. The zero-order valence-electron chi connectivity index (χ0n) is 6.68. The Hall–Kier alpha value is -0.260. The van der Waals surface area contributed by atoms with Gasteiger partial charge in [0.05, 0.1) is 0 Å². The quantitative estimate of drug-likeness (QED) is 0.448. The molecular weight excluding hydrogens is 120 g/mol.